The Morgan fingerprint density at radius 2 is 1.95 bits per heavy atom. The molecule has 0 saturated carbocycles. The molecule has 0 saturated heterocycles. The summed E-state index contributed by atoms with van der Waals surface area (Å²) in [6, 6.07) is 3.78. The fourth-order valence-electron chi connectivity index (χ4n) is 1.28. The molecule has 0 bridgehead atoms. The molecular formula is C12H16FN3O2S. The second-order valence-electron chi connectivity index (χ2n) is 4.81. The third-order valence-electron chi connectivity index (χ3n) is 1.88. The van der Waals surface area contributed by atoms with Crippen LogP contribution in [-0.4, -0.2) is 16.8 Å². The van der Waals surface area contributed by atoms with Crippen LogP contribution in [0.15, 0.2) is 18.2 Å². The second-order valence-corrected chi connectivity index (χ2v) is 5.25. The minimum absolute atomic E-state index is 0.0128. The predicted octanol–water partition coefficient (Wildman–Crippen LogP) is 2.83. The van der Waals surface area contributed by atoms with Crippen LogP contribution in [0.25, 0.3) is 0 Å². The first-order chi connectivity index (χ1) is 8.67. The smallest absolute Gasteiger partial charge is 0.412 e. The number of hydrogen-bond donors (Lipinski definition) is 3. The van der Waals surface area contributed by atoms with E-state index in [0.29, 0.717) is 5.69 Å². The molecule has 7 heteroatoms. The third-order valence-corrected chi connectivity index (χ3v) is 1.98. The Balaban J connectivity index is 2.89. The number of carbonyl (C=O) groups excluding carboxylic acids is 1. The number of benzene rings is 1. The van der Waals surface area contributed by atoms with Gasteiger partial charge in [-0.15, -0.1) is 0 Å². The summed E-state index contributed by atoms with van der Waals surface area (Å²) < 4.78 is 18.3. The lowest BCUT2D eigenvalue weighted by molar-refractivity contribution is 0.0636. The zero-order valence-corrected chi connectivity index (χ0v) is 11.7. The standard InChI is InChI=1S/C12H16FN3O2S/c1-12(2,3)18-11(17)16-9-6-7(13)4-5-8(9)15-10(14)19/h4-6H,1-3H3,(H,16,17)(H3,14,15,19). The highest BCUT2D eigenvalue weighted by Crippen LogP contribution is 2.23. The maximum absolute atomic E-state index is 13.2. The Labute approximate surface area is 116 Å². The summed E-state index contributed by atoms with van der Waals surface area (Å²) in [7, 11) is 0. The number of rotatable bonds is 2. The summed E-state index contributed by atoms with van der Waals surface area (Å²) in [5.74, 6) is -0.500. The van der Waals surface area contributed by atoms with Gasteiger partial charge in [0.1, 0.15) is 11.4 Å². The highest BCUT2D eigenvalue weighted by Gasteiger charge is 2.17. The molecule has 0 heterocycles. The number of ether oxygens (including phenoxy) is 1. The average Bonchev–Trinajstić information content (AvgIpc) is 2.18. The van der Waals surface area contributed by atoms with Crippen LogP contribution in [-0.2, 0) is 4.74 Å². The molecule has 4 N–H and O–H groups in total. The molecule has 19 heavy (non-hydrogen) atoms. The van der Waals surface area contributed by atoms with Crippen molar-refractivity contribution in [2.45, 2.75) is 26.4 Å². The molecule has 1 aromatic rings. The Morgan fingerprint density at radius 1 is 1.32 bits per heavy atom. The van der Waals surface area contributed by atoms with Crippen LogP contribution in [0.3, 0.4) is 0 Å². The topological polar surface area (TPSA) is 76.4 Å². The van der Waals surface area contributed by atoms with Gasteiger partial charge < -0.3 is 15.8 Å². The van der Waals surface area contributed by atoms with Crippen LogP contribution in [0, 0.1) is 5.82 Å². The van der Waals surface area contributed by atoms with Crippen molar-refractivity contribution >= 4 is 34.8 Å². The van der Waals surface area contributed by atoms with Gasteiger partial charge >= 0.3 is 6.09 Å². The highest BCUT2D eigenvalue weighted by atomic mass is 32.1. The Kier molecular flexibility index (Phi) is 4.66. The van der Waals surface area contributed by atoms with E-state index in [1.54, 1.807) is 20.8 Å². The fourth-order valence-corrected chi connectivity index (χ4v) is 1.39. The van der Waals surface area contributed by atoms with E-state index in [1.807, 2.05) is 0 Å². The molecule has 0 aliphatic carbocycles. The molecular weight excluding hydrogens is 269 g/mol. The van der Waals surface area contributed by atoms with E-state index in [1.165, 1.54) is 12.1 Å². The van der Waals surface area contributed by atoms with Crippen molar-refractivity contribution in [3.8, 4) is 0 Å². The van der Waals surface area contributed by atoms with Crippen molar-refractivity contribution in [1.82, 2.24) is 0 Å². The molecule has 1 rings (SSSR count). The van der Waals surface area contributed by atoms with Gasteiger partial charge in [-0.3, -0.25) is 5.32 Å². The summed E-state index contributed by atoms with van der Waals surface area (Å²) in [5, 5.41) is 5.09. The molecule has 1 aromatic carbocycles. The molecule has 1 amide bonds. The van der Waals surface area contributed by atoms with Gasteiger partial charge in [-0.05, 0) is 51.2 Å². The van der Waals surface area contributed by atoms with E-state index < -0.39 is 17.5 Å². The van der Waals surface area contributed by atoms with E-state index in [9.17, 15) is 9.18 Å². The van der Waals surface area contributed by atoms with Crippen LogP contribution < -0.4 is 16.4 Å². The largest absolute Gasteiger partial charge is 0.444 e. The third kappa shape index (κ3) is 5.52. The van der Waals surface area contributed by atoms with Crippen molar-refractivity contribution < 1.29 is 13.9 Å². The number of hydrogen-bond acceptors (Lipinski definition) is 3. The lowest BCUT2D eigenvalue weighted by atomic mass is 10.2. The Morgan fingerprint density at radius 3 is 2.47 bits per heavy atom. The van der Waals surface area contributed by atoms with Gasteiger partial charge in [-0.1, -0.05) is 0 Å². The number of halogens is 1. The van der Waals surface area contributed by atoms with Crippen molar-refractivity contribution in [3.05, 3.63) is 24.0 Å². The highest BCUT2D eigenvalue weighted by molar-refractivity contribution is 7.80. The molecule has 0 spiro atoms. The number of carbonyl (C=O) groups is 1. The van der Waals surface area contributed by atoms with Crippen LogP contribution in [0.2, 0.25) is 0 Å². The zero-order valence-electron chi connectivity index (χ0n) is 10.9. The first-order valence-electron chi connectivity index (χ1n) is 5.53. The number of nitrogens with one attached hydrogen (secondary N) is 2. The van der Waals surface area contributed by atoms with E-state index >= 15 is 0 Å². The summed E-state index contributed by atoms with van der Waals surface area (Å²) in [6.45, 7) is 5.19. The van der Waals surface area contributed by atoms with Crippen LogP contribution >= 0.6 is 12.2 Å². The van der Waals surface area contributed by atoms with Crippen molar-refractivity contribution in [2.75, 3.05) is 10.6 Å². The van der Waals surface area contributed by atoms with Gasteiger partial charge in [0, 0.05) is 0 Å². The van der Waals surface area contributed by atoms with Gasteiger partial charge in [0.05, 0.1) is 11.4 Å². The predicted molar refractivity (Wildman–Crippen MR) is 76.7 cm³/mol. The van der Waals surface area contributed by atoms with Crippen molar-refractivity contribution in [2.24, 2.45) is 5.73 Å². The molecule has 0 radical (unpaired) electrons. The fraction of sp³-hybridized carbons (Fsp3) is 0.333. The summed E-state index contributed by atoms with van der Waals surface area (Å²) in [4.78, 5) is 11.6. The van der Waals surface area contributed by atoms with E-state index in [-0.39, 0.29) is 10.8 Å². The Hall–Kier alpha value is -1.89. The van der Waals surface area contributed by atoms with E-state index in [2.05, 4.69) is 10.6 Å². The zero-order chi connectivity index (χ0) is 14.6. The lowest BCUT2D eigenvalue weighted by Crippen LogP contribution is -2.28. The van der Waals surface area contributed by atoms with Gasteiger partial charge in [-0.2, -0.15) is 0 Å². The molecule has 0 unspecified atom stereocenters. The first-order valence-corrected chi connectivity index (χ1v) is 5.94. The Bertz CT molecular complexity index is 500. The molecule has 0 aromatic heterocycles. The van der Waals surface area contributed by atoms with Crippen LogP contribution in [0.5, 0.6) is 0 Å². The van der Waals surface area contributed by atoms with E-state index in [0.717, 1.165) is 6.07 Å². The molecule has 104 valence electrons. The SMILES string of the molecule is CC(C)(C)OC(=O)Nc1cc(F)ccc1NC(N)=S. The minimum atomic E-state index is -0.691. The number of anilines is 2. The van der Waals surface area contributed by atoms with Gasteiger partial charge in [0.25, 0.3) is 0 Å². The monoisotopic (exact) mass is 285 g/mol. The molecule has 0 aliphatic rings. The molecule has 0 fully saturated rings. The van der Waals surface area contributed by atoms with Gasteiger partial charge in [-0.25, -0.2) is 9.18 Å². The van der Waals surface area contributed by atoms with E-state index in [4.69, 9.17) is 22.7 Å². The summed E-state index contributed by atoms with van der Waals surface area (Å²) in [5.41, 5.74) is 5.29. The molecule has 5 nitrogen and oxygen atoms in total. The molecule has 0 atom stereocenters. The maximum atomic E-state index is 13.2. The number of nitrogens with two attached hydrogens (primary N) is 1. The minimum Gasteiger partial charge on any atom is -0.444 e. The quantitative estimate of drug-likeness (QED) is 0.728. The van der Waals surface area contributed by atoms with Crippen LogP contribution in [0.4, 0.5) is 20.6 Å². The first kappa shape index (κ1) is 15.2. The normalized spacial score (nSPS) is 10.7. The number of thiocarbonyl (C=S) groups is 1. The van der Waals surface area contributed by atoms with Gasteiger partial charge in [0.15, 0.2) is 5.11 Å². The second kappa shape index (κ2) is 5.83. The maximum Gasteiger partial charge on any atom is 0.412 e. The number of amides is 1. The molecule has 0 aliphatic heterocycles. The van der Waals surface area contributed by atoms with Crippen molar-refractivity contribution in [3.63, 3.8) is 0 Å². The van der Waals surface area contributed by atoms with Crippen molar-refractivity contribution in [1.29, 1.82) is 0 Å². The average molecular weight is 285 g/mol. The van der Waals surface area contributed by atoms with Gasteiger partial charge in [0.2, 0.25) is 0 Å². The van der Waals surface area contributed by atoms with Crippen LogP contribution in [0.1, 0.15) is 20.8 Å². The summed E-state index contributed by atoms with van der Waals surface area (Å²) in [6.07, 6.45) is -0.691. The summed E-state index contributed by atoms with van der Waals surface area (Å²) >= 11 is 4.70. The lowest BCUT2D eigenvalue weighted by Gasteiger charge is -2.20.